The lowest BCUT2D eigenvalue weighted by Crippen LogP contribution is -2.46. The van der Waals surface area contributed by atoms with Gasteiger partial charge in [-0.3, -0.25) is 14.2 Å². The smallest absolute Gasteiger partial charge is 0.352 e. The van der Waals surface area contributed by atoms with Crippen LogP contribution in [0.25, 0.3) is 5.69 Å². The van der Waals surface area contributed by atoms with Crippen LogP contribution in [0.15, 0.2) is 58.1 Å². The average Bonchev–Trinajstić information content (AvgIpc) is 3.29. The summed E-state index contributed by atoms with van der Waals surface area (Å²) in [5.41, 5.74) is -1.44. The Balaban J connectivity index is 1.77. The minimum Gasteiger partial charge on any atom is -0.376 e. The highest BCUT2D eigenvalue weighted by Crippen LogP contribution is 2.13. The number of rotatable bonds is 6. The van der Waals surface area contributed by atoms with Crippen molar-refractivity contribution in [2.75, 3.05) is 13.2 Å². The second kappa shape index (κ2) is 9.46. The summed E-state index contributed by atoms with van der Waals surface area (Å²) in [5, 5.41) is 7.03. The Bertz CT molecular complexity index is 1270. The number of halogens is 2. The van der Waals surface area contributed by atoms with Crippen molar-refractivity contribution >= 4 is 17.5 Å². The fourth-order valence-electron chi connectivity index (χ4n) is 3.49. The summed E-state index contributed by atoms with van der Waals surface area (Å²) in [6, 6.07) is 11.8. The highest BCUT2D eigenvalue weighted by Gasteiger charge is 2.23. The van der Waals surface area contributed by atoms with E-state index in [0.717, 1.165) is 22.1 Å². The molecular formula is C22H20ClFN4O4. The molecule has 0 saturated carbocycles. The van der Waals surface area contributed by atoms with Crippen LogP contribution in [-0.2, 0) is 11.3 Å². The quantitative estimate of drug-likeness (QED) is 0.610. The lowest BCUT2D eigenvalue weighted by Gasteiger charge is -2.14. The molecule has 166 valence electrons. The van der Waals surface area contributed by atoms with Gasteiger partial charge in [-0.25, -0.2) is 9.18 Å². The lowest BCUT2D eigenvalue weighted by molar-refractivity contribution is 0.0849. The van der Waals surface area contributed by atoms with Crippen molar-refractivity contribution in [1.82, 2.24) is 19.7 Å². The van der Waals surface area contributed by atoms with Crippen molar-refractivity contribution in [3.63, 3.8) is 0 Å². The van der Waals surface area contributed by atoms with E-state index in [4.69, 9.17) is 16.3 Å². The number of hydrogen-bond acceptors (Lipinski definition) is 5. The molecule has 10 heteroatoms. The molecule has 0 aliphatic carbocycles. The van der Waals surface area contributed by atoms with Gasteiger partial charge in [0.05, 0.1) is 18.3 Å². The molecule has 32 heavy (non-hydrogen) atoms. The summed E-state index contributed by atoms with van der Waals surface area (Å²) in [6.45, 7) is 0.615. The minimum absolute atomic E-state index is 0.132. The third-order valence-corrected chi connectivity index (χ3v) is 5.31. The topological polar surface area (TPSA) is 95.2 Å². The molecule has 0 radical (unpaired) electrons. The number of benzene rings is 2. The van der Waals surface area contributed by atoms with Crippen molar-refractivity contribution in [3.05, 3.63) is 91.5 Å². The second-order valence-electron chi connectivity index (χ2n) is 7.39. The van der Waals surface area contributed by atoms with Crippen LogP contribution in [0.2, 0.25) is 5.02 Å². The van der Waals surface area contributed by atoms with Gasteiger partial charge in [-0.15, -0.1) is 0 Å². The standard InChI is InChI=1S/C22H20ClFN4O4/c23-15-5-2-7-17(11-15)28-22(31)27(13-14-4-1-6-16(24)10-14)21(30)19(26-28)20(29)25-12-18-8-3-9-32-18/h1-2,4-7,10-11,18H,3,8-9,12-13H2,(H,25,29)/t18-/m1/s1. The zero-order chi connectivity index (χ0) is 22.7. The van der Waals surface area contributed by atoms with E-state index in [0.29, 0.717) is 17.2 Å². The van der Waals surface area contributed by atoms with E-state index in [1.807, 2.05) is 0 Å². The Kier molecular flexibility index (Phi) is 6.48. The van der Waals surface area contributed by atoms with Gasteiger partial charge in [0.25, 0.3) is 11.5 Å². The fourth-order valence-corrected chi connectivity index (χ4v) is 3.67. The van der Waals surface area contributed by atoms with E-state index in [9.17, 15) is 18.8 Å². The van der Waals surface area contributed by atoms with Gasteiger partial charge in [-0.1, -0.05) is 29.8 Å². The predicted octanol–water partition coefficient (Wildman–Crippen LogP) is 2.14. The second-order valence-corrected chi connectivity index (χ2v) is 7.83. The molecule has 1 fully saturated rings. The first-order valence-corrected chi connectivity index (χ1v) is 10.4. The number of carbonyl (C=O) groups is 1. The van der Waals surface area contributed by atoms with Crippen molar-refractivity contribution in [2.45, 2.75) is 25.5 Å². The van der Waals surface area contributed by atoms with Crippen LogP contribution in [0.1, 0.15) is 28.9 Å². The van der Waals surface area contributed by atoms with Crippen LogP contribution >= 0.6 is 11.6 Å². The normalized spacial score (nSPS) is 15.6. The zero-order valence-electron chi connectivity index (χ0n) is 17.0. The summed E-state index contributed by atoms with van der Waals surface area (Å²) < 4.78 is 20.9. The van der Waals surface area contributed by atoms with Gasteiger partial charge >= 0.3 is 5.69 Å². The Morgan fingerprint density at radius 1 is 1.22 bits per heavy atom. The van der Waals surface area contributed by atoms with Gasteiger partial charge < -0.3 is 10.1 Å². The molecule has 1 amide bonds. The summed E-state index contributed by atoms with van der Waals surface area (Å²) in [5.74, 6) is -1.23. The van der Waals surface area contributed by atoms with Crippen molar-refractivity contribution in [3.8, 4) is 5.69 Å². The van der Waals surface area contributed by atoms with Gasteiger partial charge in [-0.05, 0) is 48.7 Å². The maximum Gasteiger partial charge on any atom is 0.352 e. The molecule has 2 aromatic carbocycles. The first kappa shape index (κ1) is 21.9. The van der Waals surface area contributed by atoms with Crippen LogP contribution in [0.3, 0.4) is 0 Å². The van der Waals surface area contributed by atoms with Crippen LogP contribution in [0.5, 0.6) is 0 Å². The van der Waals surface area contributed by atoms with Gasteiger partial charge in [0.2, 0.25) is 5.69 Å². The van der Waals surface area contributed by atoms with Gasteiger partial charge in [0.1, 0.15) is 5.82 Å². The Labute approximate surface area is 187 Å². The van der Waals surface area contributed by atoms with Crippen molar-refractivity contribution < 1.29 is 13.9 Å². The highest BCUT2D eigenvalue weighted by atomic mass is 35.5. The average molecular weight is 459 g/mol. The number of nitrogens with zero attached hydrogens (tertiary/aromatic N) is 3. The van der Waals surface area contributed by atoms with E-state index in [1.165, 1.54) is 24.3 Å². The molecule has 8 nitrogen and oxygen atoms in total. The van der Waals surface area contributed by atoms with Crippen molar-refractivity contribution in [1.29, 1.82) is 0 Å². The molecule has 1 saturated heterocycles. The maximum absolute atomic E-state index is 13.6. The highest BCUT2D eigenvalue weighted by molar-refractivity contribution is 6.30. The van der Waals surface area contributed by atoms with Gasteiger partial charge in [0, 0.05) is 18.2 Å². The largest absolute Gasteiger partial charge is 0.376 e. The molecule has 4 rings (SSSR count). The van der Waals surface area contributed by atoms with Gasteiger partial charge in [-0.2, -0.15) is 9.78 Å². The molecule has 1 aliphatic rings. The van der Waals surface area contributed by atoms with Crippen LogP contribution < -0.4 is 16.6 Å². The van der Waals surface area contributed by atoms with E-state index in [1.54, 1.807) is 24.3 Å². The maximum atomic E-state index is 13.6. The molecule has 3 aromatic rings. The summed E-state index contributed by atoms with van der Waals surface area (Å²) in [7, 11) is 0. The van der Waals surface area contributed by atoms with E-state index in [2.05, 4.69) is 10.4 Å². The SMILES string of the molecule is O=C(NC[C@H]1CCCO1)c1nn(-c2cccc(Cl)c2)c(=O)n(Cc2cccc(F)c2)c1=O. The van der Waals surface area contributed by atoms with Crippen LogP contribution in [0.4, 0.5) is 4.39 Å². The molecule has 0 unspecified atom stereocenters. The Morgan fingerprint density at radius 3 is 2.75 bits per heavy atom. The van der Waals surface area contributed by atoms with Crippen LogP contribution in [0, 0.1) is 5.82 Å². The first-order valence-electron chi connectivity index (χ1n) is 10.1. The minimum atomic E-state index is -0.873. The molecule has 0 spiro atoms. The molecule has 1 N–H and O–H groups in total. The monoisotopic (exact) mass is 458 g/mol. The zero-order valence-corrected chi connectivity index (χ0v) is 17.7. The van der Waals surface area contributed by atoms with Crippen LogP contribution in [-0.4, -0.2) is 39.5 Å². The molecule has 2 heterocycles. The molecule has 1 atom stereocenters. The number of carbonyl (C=O) groups excluding carboxylic acids is 1. The third-order valence-electron chi connectivity index (χ3n) is 5.07. The Hall–Kier alpha value is -3.30. The predicted molar refractivity (Wildman–Crippen MR) is 116 cm³/mol. The number of nitrogens with one attached hydrogen (secondary N) is 1. The van der Waals surface area contributed by atoms with Crippen molar-refractivity contribution in [2.24, 2.45) is 0 Å². The summed E-state index contributed by atoms with van der Waals surface area (Å²) in [4.78, 5) is 38.9. The van der Waals surface area contributed by atoms with E-state index >= 15 is 0 Å². The number of aromatic nitrogens is 3. The molecule has 1 aromatic heterocycles. The number of hydrogen-bond donors (Lipinski definition) is 1. The fraction of sp³-hybridized carbons (Fsp3) is 0.273. The third kappa shape index (κ3) is 4.79. The van der Waals surface area contributed by atoms with Gasteiger partial charge in [0.15, 0.2) is 0 Å². The summed E-state index contributed by atoms with van der Waals surface area (Å²) >= 11 is 6.04. The molecule has 1 aliphatic heterocycles. The first-order chi connectivity index (χ1) is 15.4. The number of amides is 1. The Morgan fingerprint density at radius 2 is 2.03 bits per heavy atom. The molecule has 0 bridgehead atoms. The van der Waals surface area contributed by atoms with E-state index < -0.39 is 28.7 Å². The number of ether oxygens (including phenoxy) is 1. The lowest BCUT2D eigenvalue weighted by atomic mass is 10.2. The van der Waals surface area contributed by atoms with E-state index in [-0.39, 0.29) is 24.9 Å². The summed E-state index contributed by atoms with van der Waals surface area (Å²) in [6.07, 6.45) is 1.57. The molecular weight excluding hydrogens is 439 g/mol.